The van der Waals surface area contributed by atoms with Gasteiger partial charge in [0.15, 0.2) is 5.79 Å². The van der Waals surface area contributed by atoms with E-state index in [0.717, 1.165) is 51.7 Å². The number of rotatable bonds is 11. The molecule has 0 spiro atoms. The maximum atomic E-state index is 6.03. The van der Waals surface area contributed by atoms with Gasteiger partial charge in [-0.25, -0.2) is 0 Å². The Morgan fingerprint density at radius 3 is 1.69 bits per heavy atom. The van der Waals surface area contributed by atoms with Gasteiger partial charge in [-0.15, -0.1) is 0 Å². The van der Waals surface area contributed by atoms with Gasteiger partial charge >= 0.3 is 0 Å². The van der Waals surface area contributed by atoms with Crippen LogP contribution in [0.15, 0.2) is 0 Å². The van der Waals surface area contributed by atoms with Gasteiger partial charge < -0.3 is 9.47 Å². The lowest BCUT2D eigenvalue weighted by molar-refractivity contribution is -0.245. The monoisotopic (exact) mass is 230 g/mol. The van der Waals surface area contributed by atoms with Gasteiger partial charge in [-0.2, -0.15) is 0 Å². The molecule has 0 aliphatic heterocycles. The lowest BCUT2D eigenvalue weighted by Crippen LogP contribution is -2.36. The highest BCUT2D eigenvalue weighted by atomic mass is 16.7. The van der Waals surface area contributed by atoms with E-state index in [1.165, 1.54) is 6.42 Å². The Morgan fingerprint density at radius 2 is 1.25 bits per heavy atom. The van der Waals surface area contributed by atoms with Crippen molar-refractivity contribution in [1.29, 1.82) is 0 Å². The molecule has 0 N–H and O–H groups in total. The molecule has 2 heteroatoms. The van der Waals surface area contributed by atoms with E-state index < -0.39 is 0 Å². The Bertz CT molecular complexity index is 140. The van der Waals surface area contributed by atoms with E-state index in [0.29, 0.717) is 0 Å². The van der Waals surface area contributed by atoms with Crippen LogP contribution in [0.25, 0.3) is 0 Å². The maximum Gasteiger partial charge on any atom is 0.168 e. The molecule has 0 radical (unpaired) electrons. The average molecular weight is 230 g/mol. The van der Waals surface area contributed by atoms with Crippen LogP contribution < -0.4 is 0 Å². The van der Waals surface area contributed by atoms with E-state index in [2.05, 4.69) is 27.7 Å². The van der Waals surface area contributed by atoms with Gasteiger partial charge in [0.1, 0.15) is 0 Å². The lowest BCUT2D eigenvalue weighted by Gasteiger charge is -2.33. The van der Waals surface area contributed by atoms with Gasteiger partial charge in [-0.05, 0) is 12.8 Å². The minimum absolute atomic E-state index is 0.297. The van der Waals surface area contributed by atoms with Crippen LogP contribution in [0.2, 0.25) is 0 Å². The first-order valence-electron chi connectivity index (χ1n) is 7.02. The fourth-order valence-electron chi connectivity index (χ4n) is 1.91. The third-order valence-corrected chi connectivity index (χ3v) is 2.69. The van der Waals surface area contributed by atoms with Crippen LogP contribution >= 0.6 is 0 Å². The summed E-state index contributed by atoms with van der Waals surface area (Å²) < 4.78 is 12.0. The summed E-state index contributed by atoms with van der Waals surface area (Å²) >= 11 is 0. The highest BCUT2D eigenvalue weighted by molar-refractivity contribution is 4.69. The largest absolute Gasteiger partial charge is 0.350 e. The van der Waals surface area contributed by atoms with E-state index >= 15 is 0 Å². The van der Waals surface area contributed by atoms with Crippen LogP contribution in [0.5, 0.6) is 0 Å². The van der Waals surface area contributed by atoms with E-state index in [4.69, 9.17) is 9.47 Å². The van der Waals surface area contributed by atoms with Gasteiger partial charge in [0.05, 0.1) is 6.61 Å². The molecule has 0 aliphatic carbocycles. The minimum atomic E-state index is -0.297. The molecule has 98 valence electrons. The van der Waals surface area contributed by atoms with Gasteiger partial charge in [-0.3, -0.25) is 0 Å². The van der Waals surface area contributed by atoms with Crippen molar-refractivity contribution >= 4 is 0 Å². The topological polar surface area (TPSA) is 18.5 Å². The summed E-state index contributed by atoms with van der Waals surface area (Å²) in [5.41, 5.74) is 0. The Labute approximate surface area is 102 Å². The molecule has 0 aromatic rings. The summed E-state index contributed by atoms with van der Waals surface area (Å²) in [7, 11) is 0. The van der Waals surface area contributed by atoms with Crippen molar-refractivity contribution in [3.8, 4) is 0 Å². The molecular formula is C14H30O2. The number of hydrogen-bond donors (Lipinski definition) is 0. The zero-order valence-corrected chi connectivity index (χ0v) is 11.7. The van der Waals surface area contributed by atoms with Crippen LogP contribution in [0, 0.1) is 0 Å². The fraction of sp³-hybridized carbons (Fsp3) is 1.00. The quantitative estimate of drug-likeness (QED) is 0.383. The van der Waals surface area contributed by atoms with Crippen molar-refractivity contribution in [3.05, 3.63) is 0 Å². The van der Waals surface area contributed by atoms with Crippen LogP contribution in [-0.4, -0.2) is 19.0 Å². The van der Waals surface area contributed by atoms with Gasteiger partial charge in [0, 0.05) is 19.4 Å². The summed E-state index contributed by atoms with van der Waals surface area (Å²) in [6, 6.07) is 0. The first kappa shape index (κ1) is 15.9. The van der Waals surface area contributed by atoms with Crippen molar-refractivity contribution in [2.75, 3.05) is 13.2 Å². The number of ether oxygens (including phenoxy) is 2. The Kier molecular flexibility index (Phi) is 10.0. The zero-order valence-electron chi connectivity index (χ0n) is 11.7. The molecule has 0 unspecified atom stereocenters. The molecule has 0 rings (SSSR count). The molecule has 0 atom stereocenters. The molecule has 0 aromatic heterocycles. The highest BCUT2D eigenvalue weighted by Crippen LogP contribution is 2.26. The predicted octanol–water partition coefficient (Wildman–Crippen LogP) is 4.53. The maximum absolute atomic E-state index is 6.03. The summed E-state index contributed by atoms with van der Waals surface area (Å²) in [5, 5.41) is 0. The first-order valence-corrected chi connectivity index (χ1v) is 7.02. The molecule has 0 bridgehead atoms. The van der Waals surface area contributed by atoms with Crippen molar-refractivity contribution in [3.63, 3.8) is 0 Å². The standard InChI is InChI=1S/C14H30O2/c1-5-9-13-16-14(10-6-2,11-7-3)15-12-8-4/h5-13H2,1-4H3. The van der Waals surface area contributed by atoms with Crippen molar-refractivity contribution < 1.29 is 9.47 Å². The highest BCUT2D eigenvalue weighted by Gasteiger charge is 2.29. The van der Waals surface area contributed by atoms with Crippen molar-refractivity contribution in [2.45, 2.75) is 78.4 Å². The van der Waals surface area contributed by atoms with Crippen LogP contribution in [0.4, 0.5) is 0 Å². The summed E-state index contributed by atoms with van der Waals surface area (Å²) in [6.45, 7) is 10.4. The Morgan fingerprint density at radius 1 is 0.688 bits per heavy atom. The summed E-state index contributed by atoms with van der Waals surface area (Å²) in [4.78, 5) is 0. The van der Waals surface area contributed by atoms with E-state index in [1.54, 1.807) is 0 Å². The second kappa shape index (κ2) is 10.1. The minimum Gasteiger partial charge on any atom is -0.350 e. The molecule has 0 saturated carbocycles. The number of unbranched alkanes of at least 4 members (excludes halogenated alkanes) is 1. The Balaban J connectivity index is 4.24. The molecule has 0 aliphatic rings. The van der Waals surface area contributed by atoms with Gasteiger partial charge in [0.2, 0.25) is 0 Å². The van der Waals surface area contributed by atoms with Crippen molar-refractivity contribution in [1.82, 2.24) is 0 Å². The SMILES string of the molecule is CCCCOC(CCC)(CCC)OCCC. The van der Waals surface area contributed by atoms with Crippen molar-refractivity contribution in [2.24, 2.45) is 0 Å². The molecule has 0 aromatic carbocycles. The second-order valence-electron chi connectivity index (χ2n) is 4.46. The zero-order chi connectivity index (χ0) is 12.3. The Hall–Kier alpha value is -0.0800. The smallest absolute Gasteiger partial charge is 0.168 e. The van der Waals surface area contributed by atoms with E-state index in [1.807, 2.05) is 0 Å². The fourth-order valence-corrected chi connectivity index (χ4v) is 1.91. The average Bonchev–Trinajstić information content (AvgIpc) is 2.27. The van der Waals surface area contributed by atoms with Crippen LogP contribution in [0.3, 0.4) is 0 Å². The third kappa shape index (κ3) is 6.49. The van der Waals surface area contributed by atoms with Crippen LogP contribution in [0.1, 0.15) is 72.6 Å². The molecule has 0 fully saturated rings. The molecule has 0 amide bonds. The molecule has 2 nitrogen and oxygen atoms in total. The van der Waals surface area contributed by atoms with Gasteiger partial charge in [0.25, 0.3) is 0 Å². The molecule has 16 heavy (non-hydrogen) atoms. The third-order valence-electron chi connectivity index (χ3n) is 2.69. The number of hydrogen-bond acceptors (Lipinski definition) is 2. The second-order valence-corrected chi connectivity index (χ2v) is 4.46. The van der Waals surface area contributed by atoms with E-state index in [9.17, 15) is 0 Å². The predicted molar refractivity (Wildman–Crippen MR) is 69.7 cm³/mol. The van der Waals surface area contributed by atoms with Crippen LogP contribution in [-0.2, 0) is 9.47 Å². The summed E-state index contributed by atoms with van der Waals surface area (Å²) in [6.07, 6.45) is 7.65. The molecule has 0 heterocycles. The van der Waals surface area contributed by atoms with Gasteiger partial charge in [-0.1, -0.05) is 47.0 Å². The molecular weight excluding hydrogens is 200 g/mol. The first-order chi connectivity index (χ1) is 7.74. The summed E-state index contributed by atoms with van der Waals surface area (Å²) in [5.74, 6) is -0.297. The normalized spacial score (nSPS) is 12.0. The molecule has 0 saturated heterocycles. The van der Waals surface area contributed by atoms with E-state index in [-0.39, 0.29) is 5.79 Å². The lowest BCUT2D eigenvalue weighted by atomic mass is 10.1.